The summed E-state index contributed by atoms with van der Waals surface area (Å²) in [5.74, 6) is 0.821. The second kappa shape index (κ2) is 10.4. The van der Waals surface area contributed by atoms with Crippen molar-refractivity contribution in [2.75, 3.05) is 24.9 Å². The van der Waals surface area contributed by atoms with Gasteiger partial charge in [-0.3, -0.25) is 4.79 Å². The summed E-state index contributed by atoms with van der Waals surface area (Å²) in [6, 6.07) is 19.5. The number of methoxy groups -OCH3 is 2. The Morgan fingerprint density at radius 1 is 0.973 bits per heavy atom. The molecule has 5 aromatic rings. The van der Waals surface area contributed by atoms with E-state index >= 15 is 0 Å². The van der Waals surface area contributed by atoms with Crippen LogP contribution in [0.4, 0.5) is 21.6 Å². The fourth-order valence-electron chi connectivity index (χ4n) is 4.06. The van der Waals surface area contributed by atoms with E-state index in [1.807, 2.05) is 36.5 Å². The van der Waals surface area contributed by atoms with Crippen molar-refractivity contribution in [2.24, 2.45) is 0 Å². The largest absolute Gasteiger partial charge is 0.497 e. The third-order valence-corrected chi connectivity index (χ3v) is 5.84. The predicted molar refractivity (Wildman–Crippen MR) is 140 cm³/mol. The third-order valence-electron chi connectivity index (χ3n) is 5.84. The Labute approximate surface area is 212 Å². The van der Waals surface area contributed by atoms with Crippen molar-refractivity contribution in [3.8, 4) is 11.5 Å². The minimum absolute atomic E-state index is 0.254. The monoisotopic (exact) mass is 497 g/mol. The van der Waals surface area contributed by atoms with Gasteiger partial charge in [0.05, 0.1) is 14.2 Å². The van der Waals surface area contributed by atoms with E-state index in [1.54, 1.807) is 38.5 Å². The van der Waals surface area contributed by atoms with Crippen LogP contribution in [0.5, 0.6) is 11.5 Å². The first kappa shape index (κ1) is 23.8. The van der Waals surface area contributed by atoms with Crippen molar-refractivity contribution >= 4 is 34.0 Å². The van der Waals surface area contributed by atoms with Crippen LogP contribution < -0.4 is 20.1 Å². The van der Waals surface area contributed by atoms with E-state index in [4.69, 9.17) is 9.47 Å². The smallest absolute Gasteiger partial charge is 0.261 e. The molecule has 1 amide bonds. The molecule has 37 heavy (non-hydrogen) atoms. The summed E-state index contributed by atoms with van der Waals surface area (Å²) >= 11 is 0. The molecule has 2 heterocycles. The van der Waals surface area contributed by atoms with E-state index in [-0.39, 0.29) is 17.3 Å². The van der Waals surface area contributed by atoms with Crippen LogP contribution >= 0.6 is 0 Å². The van der Waals surface area contributed by atoms with E-state index in [0.717, 1.165) is 22.2 Å². The molecule has 0 aliphatic heterocycles. The number of hydrogen-bond acceptors (Lipinski definition) is 6. The summed E-state index contributed by atoms with van der Waals surface area (Å²) in [6.07, 6.45) is 4.79. The SMILES string of the molecule is COc1cc(NC(=O)c2cncnc2Nc2ccc3c(ccn3Cc3cccc(F)c3)c2)cc(OC)c1. The summed E-state index contributed by atoms with van der Waals surface area (Å²) in [6.45, 7) is 0.555. The maximum Gasteiger partial charge on any atom is 0.261 e. The highest BCUT2D eigenvalue weighted by Crippen LogP contribution is 2.28. The summed E-state index contributed by atoms with van der Waals surface area (Å²) in [5.41, 5.74) is 3.42. The van der Waals surface area contributed by atoms with Crippen LogP contribution in [0.1, 0.15) is 15.9 Å². The first-order valence-electron chi connectivity index (χ1n) is 11.5. The Morgan fingerprint density at radius 2 is 1.78 bits per heavy atom. The summed E-state index contributed by atoms with van der Waals surface area (Å²) in [5, 5.41) is 7.06. The van der Waals surface area contributed by atoms with Crippen molar-refractivity contribution < 1.29 is 18.7 Å². The Morgan fingerprint density at radius 3 is 2.54 bits per heavy atom. The summed E-state index contributed by atoms with van der Waals surface area (Å²) in [7, 11) is 3.08. The topological polar surface area (TPSA) is 90.3 Å². The number of ether oxygens (including phenoxy) is 2. The van der Waals surface area contributed by atoms with Gasteiger partial charge in [0, 0.05) is 59.4 Å². The summed E-state index contributed by atoms with van der Waals surface area (Å²) < 4.78 is 26.2. The van der Waals surface area contributed by atoms with E-state index in [0.29, 0.717) is 29.5 Å². The molecule has 8 nitrogen and oxygen atoms in total. The van der Waals surface area contributed by atoms with Crippen LogP contribution in [0.2, 0.25) is 0 Å². The highest BCUT2D eigenvalue weighted by Gasteiger charge is 2.15. The van der Waals surface area contributed by atoms with Gasteiger partial charge in [0.1, 0.15) is 35.0 Å². The number of anilines is 3. The second-order valence-corrected chi connectivity index (χ2v) is 8.31. The molecule has 2 N–H and O–H groups in total. The van der Waals surface area contributed by atoms with Gasteiger partial charge in [-0.2, -0.15) is 0 Å². The van der Waals surface area contributed by atoms with Gasteiger partial charge < -0.3 is 24.7 Å². The first-order valence-corrected chi connectivity index (χ1v) is 11.5. The lowest BCUT2D eigenvalue weighted by molar-refractivity contribution is 0.102. The average molecular weight is 498 g/mol. The number of carbonyl (C=O) groups excluding carboxylic acids is 1. The number of carbonyl (C=O) groups is 1. The molecule has 0 atom stereocenters. The average Bonchev–Trinajstić information content (AvgIpc) is 3.30. The van der Waals surface area contributed by atoms with Crippen molar-refractivity contribution in [3.05, 3.63) is 102 Å². The Bertz CT molecular complexity index is 1560. The van der Waals surface area contributed by atoms with Gasteiger partial charge >= 0.3 is 0 Å². The number of hydrogen-bond donors (Lipinski definition) is 2. The number of fused-ring (bicyclic) bond motifs is 1. The number of amides is 1. The van der Waals surface area contributed by atoms with Gasteiger partial charge in [0.25, 0.3) is 5.91 Å². The Balaban J connectivity index is 1.36. The van der Waals surface area contributed by atoms with Gasteiger partial charge in [-0.15, -0.1) is 0 Å². The van der Waals surface area contributed by atoms with Crippen LogP contribution in [0.3, 0.4) is 0 Å². The van der Waals surface area contributed by atoms with Crippen LogP contribution in [0, 0.1) is 5.82 Å². The molecule has 0 aliphatic carbocycles. The van der Waals surface area contributed by atoms with Crippen LogP contribution in [-0.2, 0) is 6.54 Å². The minimum atomic E-state index is -0.388. The fourth-order valence-corrected chi connectivity index (χ4v) is 4.06. The van der Waals surface area contributed by atoms with Crippen molar-refractivity contribution in [3.63, 3.8) is 0 Å². The zero-order valence-electron chi connectivity index (χ0n) is 20.2. The van der Waals surface area contributed by atoms with Crippen LogP contribution in [0.15, 0.2) is 85.5 Å². The number of nitrogens with zero attached hydrogens (tertiary/aromatic N) is 3. The molecule has 2 aromatic heterocycles. The predicted octanol–water partition coefficient (Wildman–Crippen LogP) is 5.63. The lowest BCUT2D eigenvalue weighted by Gasteiger charge is -2.13. The molecule has 186 valence electrons. The lowest BCUT2D eigenvalue weighted by Crippen LogP contribution is -2.15. The minimum Gasteiger partial charge on any atom is -0.497 e. The molecule has 9 heteroatoms. The van der Waals surface area contributed by atoms with Crippen LogP contribution in [0.25, 0.3) is 10.9 Å². The molecule has 0 radical (unpaired) electrons. The number of rotatable bonds is 8. The summed E-state index contributed by atoms with van der Waals surface area (Å²) in [4.78, 5) is 21.4. The van der Waals surface area contributed by atoms with E-state index < -0.39 is 0 Å². The molecule has 0 fully saturated rings. The van der Waals surface area contributed by atoms with E-state index in [1.165, 1.54) is 24.7 Å². The lowest BCUT2D eigenvalue weighted by atomic mass is 10.2. The van der Waals surface area contributed by atoms with Gasteiger partial charge in [-0.1, -0.05) is 12.1 Å². The van der Waals surface area contributed by atoms with Crippen LogP contribution in [-0.4, -0.2) is 34.7 Å². The molecule has 3 aromatic carbocycles. The quantitative estimate of drug-likeness (QED) is 0.289. The Kier molecular flexibility index (Phi) is 6.67. The number of benzene rings is 3. The zero-order valence-corrected chi connectivity index (χ0v) is 20.2. The van der Waals surface area contributed by atoms with Crippen molar-refractivity contribution in [1.29, 1.82) is 0 Å². The molecule has 0 saturated heterocycles. The molecule has 0 aliphatic rings. The van der Waals surface area contributed by atoms with Gasteiger partial charge in [-0.05, 0) is 42.0 Å². The zero-order chi connectivity index (χ0) is 25.8. The highest BCUT2D eigenvalue weighted by molar-refractivity contribution is 6.07. The number of nitrogens with one attached hydrogen (secondary N) is 2. The Hall–Kier alpha value is -4.92. The van der Waals surface area contributed by atoms with Gasteiger partial charge in [0.15, 0.2) is 0 Å². The molecule has 0 bridgehead atoms. The standard InChI is InChI=1S/C28H24FN5O3/c1-36-23-12-22(13-24(14-23)37-2)33-28(35)25-15-30-17-31-27(25)32-21-6-7-26-19(11-21)8-9-34(26)16-18-4-3-5-20(29)10-18/h3-15,17H,16H2,1-2H3,(H,33,35)(H,30,31,32). The maximum atomic E-state index is 13.6. The highest BCUT2D eigenvalue weighted by atomic mass is 19.1. The normalized spacial score (nSPS) is 10.8. The fraction of sp³-hybridized carbons (Fsp3) is 0.107. The van der Waals surface area contributed by atoms with Gasteiger partial charge in [-0.25, -0.2) is 14.4 Å². The molecule has 5 rings (SSSR count). The third kappa shape index (κ3) is 5.35. The van der Waals surface area contributed by atoms with Gasteiger partial charge in [0.2, 0.25) is 0 Å². The maximum absolute atomic E-state index is 13.6. The first-order chi connectivity index (χ1) is 18.0. The number of halogens is 1. The van der Waals surface area contributed by atoms with E-state index in [9.17, 15) is 9.18 Å². The van der Waals surface area contributed by atoms with Crippen molar-refractivity contribution in [1.82, 2.24) is 14.5 Å². The molecular weight excluding hydrogens is 473 g/mol. The molecule has 0 unspecified atom stereocenters. The molecule has 0 saturated carbocycles. The number of aromatic nitrogens is 3. The second-order valence-electron chi connectivity index (χ2n) is 8.31. The molecular formula is C28H24FN5O3. The molecule has 0 spiro atoms. The van der Waals surface area contributed by atoms with Crippen molar-refractivity contribution in [2.45, 2.75) is 6.54 Å². The van der Waals surface area contributed by atoms with E-state index in [2.05, 4.69) is 25.2 Å².